The number of halogens is 3. The van der Waals surface area contributed by atoms with E-state index in [9.17, 15) is 9.59 Å². The lowest BCUT2D eigenvalue weighted by molar-refractivity contribution is -0.139. The smallest absolute Gasteiger partial charge is 0.341 e. The number of carboxylic acids is 1. The number of rotatable bonds is 3. The molecule has 0 saturated heterocycles. The van der Waals surface area contributed by atoms with Crippen LogP contribution in [-0.4, -0.2) is 28.3 Å². The fourth-order valence-electron chi connectivity index (χ4n) is 2.17. The molecule has 1 aliphatic carbocycles. The lowest BCUT2D eigenvalue weighted by atomic mass is 9.95. The van der Waals surface area contributed by atoms with Gasteiger partial charge >= 0.3 is 5.97 Å². The maximum Gasteiger partial charge on any atom is 0.341 e. The standard InChI is InChI=1S/C13H11Cl3O4/c1-5-6-3-7(20-4-8(17)18)10(14)11(15)9(6)12(19)13(5,2)16/h3,5H,4H2,1-2H3,(H,17,18). The monoisotopic (exact) mass is 336 g/mol. The molecular weight excluding hydrogens is 326 g/mol. The normalized spacial score (nSPS) is 24.6. The van der Waals surface area contributed by atoms with Crippen LogP contribution in [0.25, 0.3) is 0 Å². The summed E-state index contributed by atoms with van der Waals surface area (Å²) in [6.45, 7) is 2.86. The quantitative estimate of drug-likeness (QED) is 0.853. The molecule has 1 aliphatic rings. The van der Waals surface area contributed by atoms with Crippen LogP contribution in [0.5, 0.6) is 5.75 Å². The van der Waals surface area contributed by atoms with Gasteiger partial charge < -0.3 is 9.84 Å². The number of hydrogen-bond donors (Lipinski definition) is 1. The van der Waals surface area contributed by atoms with Crippen LogP contribution in [0.15, 0.2) is 6.07 Å². The van der Waals surface area contributed by atoms with Crippen LogP contribution in [0.1, 0.15) is 35.7 Å². The lowest BCUT2D eigenvalue weighted by Gasteiger charge is -2.18. The highest BCUT2D eigenvalue weighted by atomic mass is 35.5. The third kappa shape index (κ3) is 2.26. The summed E-state index contributed by atoms with van der Waals surface area (Å²) in [6, 6.07) is 1.53. The van der Waals surface area contributed by atoms with Crippen LogP contribution in [0, 0.1) is 0 Å². The molecule has 108 valence electrons. The fraction of sp³-hybridized carbons (Fsp3) is 0.385. The molecule has 0 saturated carbocycles. The number of carboxylic acid groups (broad SMARTS) is 1. The molecule has 2 unspecified atom stereocenters. The van der Waals surface area contributed by atoms with E-state index in [0.717, 1.165) is 0 Å². The van der Waals surface area contributed by atoms with E-state index in [4.69, 9.17) is 44.6 Å². The highest BCUT2D eigenvalue weighted by Gasteiger charge is 2.48. The van der Waals surface area contributed by atoms with Crippen molar-refractivity contribution < 1.29 is 19.4 Å². The van der Waals surface area contributed by atoms with Gasteiger partial charge in [-0.15, -0.1) is 11.6 Å². The van der Waals surface area contributed by atoms with Gasteiger partial charge in [-0.2, -0.15) is 0 Å². The van der Waals surface area contributed by atoms with Gasteiger partial charge in [0, 0.05) is 11.5 Å². The molecule has 20 heavy (non-hydrogen) atoms. The van der Waals surface area contributed by atoms with Crippen LogP contribution in [0.4, 0.5) is 0 Å². The minimum absolute atomic E-state index is 0.0154. The minimum Gasteiger partial charge on any atom is -0.480 e. The number of benzene rings is 1. The number of ketones is 1. The van der Waals surface area contributed by atoms with Gasteiger partial charge in [-0.25, -0.2) is 4.79 Å². The molecule has 7 heteroatoms. The van der Waals surface area contributed by atoms with E-state index in [1.54, 1.807) is 13.8 Å². The van der Waals surface area contributed by atoms with Crippen LogP contribution in [0.3, 0.4) is 0 Å². The summed E-state index contributed by atoms with van der Waals surface area (Å²) in [5.74, 6) is -1.58. The second-order valence-electron chi connectivity index (χ2n) is 4.78. The van der Waals surface area contributed by atoms with Gasteiger partial charge in [0.15, 0.2) is 12.4 Å². The van der Waals surface area contributed by atoms with Gasteiger partial charge in [-0.1, -0.05) is 30.1 Å². The van der Waals surface area contributed by atoms with Crippen molar-refractivity contribution in [1.82, 2.24) is 0 Å². The predicted octanol–water partition coefficient (Wildman–Crippen LogP) is 3.75. The summed E-state index contributed by atoms with van der Waals surface area (Å²) in [5, 5.41) is 8.69. The highest BCUT2D eigenvalue weighted by molar-refractivity contribution is 6.48. The molecule has 1 aromatic rings. The number of Topliss-reactive ketones (excluding diaryl/α,β-unsaturated/α-hetero) is 1. The van der Waals surface area contributed by atoms with Crippen LogP contribution < -0.4 is 4.74 Å². The van der Waals surface area contributed by atoms with E-state index in [-0.39, 0.29) is 33.1 Å². The predicted molar refractivity (Wildman–Crippen MR) is 76.6 cm³/mol. The van der Waals surface area contributed by atoms with E-state index in [0.29, 0.717) is 5.56 Å². The number of carbonyl (C=O) groups is 2. The number of hydrogen-bond acceptors (Lipinski definition) is 3. The number of alkyl halides is 1. The van der Waals surface area contributed by atoms with Crippen molar-refractivity contribution in [3.63, 3.8) is 0 Å². The average molecular weight is 338 g/mol. The van der Waals surface area contributed by atoms with Crippen molar-refractivity contribution in [1.29, 1.82) is 0 Å². The topological polar surface area (TPSA) is 63.6 Å². The van der Waals surface area contributed by atoms with Gasteiger partial charge in [0.1, 0.15) is 15.6 Å². The third-order valence-electron chi connectivity index (χ3n) is 3.51. The molecule has 2 rings (SSSR count). The molecule has 0 fully saturated rings. The first kappa shape index (κ1) is 15.4. The lowest BCUT2D eigenvalue weighted by Crippen LogP contribution is -2.27. The molecule has 2 atom stereocenters. The number of ether oxygens (including phenoxy) is 1. The van der Waals surface area contributed by atoms with Gasteiger partial charge in [-0.05, 0) is 18.6 Å². The van der Waals surface area contributed by atoms with Crippen LogP contribution in [-0.2, 0) is 4.79 Å². The van der Waals surface area contributed by atoms with Crippen LogP contribution in [0.2, 0.25) is 10.0 Å². The van der Waals surface area contributed by atoms with Crippen molar-refractivity contribution in [2.75, 3.05) is 6.61 Å². The molecular formula is C13H11Cl3O4. The Morgan fingerprint density at radius 2 is 2.05 bits per heavy atom. The Morgan fingerprint density at radius 3 is 2.60 bits per heavy atom. The van der Waals surface area contributed by atoms with Gasteiger partial charge in [0.05, 0.1) is 5.02 Å². The number of fused-ring (bicyclic) bond motifs is 1. The van der Waals surface area contributed by atoms with Gasteiger partial charge in [-0.3, -0.25) is 4.79 Å². The Labute approximate surface area is 130 Å². The SMILES string of the molecule is CC1c2cc(OCC(=O)O)c(Cl)c(Cl)c2C(=O)C1(C)Cl. The van der Waals surface area contributed by atoms with Crippen molar-refractivity contribution in [2.24, 2.45) is 0 Å². The molecule has 0 amide bonds. The van der Waals surface area contributed by atoms with Crippen LogP contribution >= 0.6 is 34.8 Å². The zero-order chi connectivity index (χ0) is 15.2. The summed E-state index contributed by atoms with van der Waals surface area (Å²) in [7, 11) is 0. The maximum absolute atomic E-state index is 12.3. The summed E-state index contributed by atoms with van der Waals surface area (Å²) >= 11 is 18.4. The van der Waals surface area contributed by atoms with Crippen molar-refractivity contribution in [3.05, 3.63) is 27.2 Å². The van der Waals surface area contributed by atoms with E-state index in [1.165, 1.54) is 6.07 Å². The molecule has 1 aromatic carbocycles. The Hall–Kier alpha value is -0.970. The van der Waals surface area contributed by atoms with E-state index < -0.39 is 17.5 Å². The Kier molecular flexibility index (Phi) is 3.93. The average Bonchev–Trinajstić information content (AvgIpc) is 2.53. The first-order chi connectivity index (χ1) is 9.17. The first-order valence-electron chi connectivity index (χ1n) is 5.78. The van der Waals surface area contributed by atoms with E-state index >= 15 is 0 Å². The van der Waals surface area contributed by atoms with Gasteiger partial charge in [0.25, 0.3) is 0 Å². The first-order valence-corrected chi connectivity index (χ1v) is 6.91. The van der Waals surface area contributed by atoms with Crippen molar-refractivity contribution in [2.45, 2.75) is 24.6 Å². The molecule has 0 bridgehead atoms. The number of carbonyl (C=O) groups excluding carboxylic acids is 1. The third-order valence-corrected chi connectivity index (χ3v) is 4.85. The van der Waals surface area contributed by atoms with E-state index in [2.05, 4.69) is 0 Å². The largest absolute Gasteiger partial charge is 0.480 e. The zero-order valence-electron chi connectivity index (χ0n) is 10.7. The second-order valence-corrected chi connectivity index (χ2v) is 6.32. The fourth-order valence-corrected chi connectivity index (χ4v) is 2.87. The summed E-state index contributed by atoms with van der Waals surface area (Å²) in [5.41, 5.74) is 0.895. The molecule has 0 heterocycles. The Bertz CT molecular complexity index is 610. The Morgan fingerprint density at radius 1 is 1.45 bits per heavy atom. The Balaban J connectivity index is 2.55. The molecule has 0 spiro atoms. The molecule has 4 nitrogen and oxygen atoms in total. The molecule has 0 aliphatic heterocycles. The van der Waals surface area contributed by atoms with Gasteiger partial charge in [0.2, 0.25) is 0 Å². The maximum atomic E-state index is 12.3. The second kappa shape index (κ2) is 5.10. The van der Waals surface area contributed by atoms with Crippen molar-refractivity contribution >= 4 is 46.6 Å². The van der Waals surface area contributed by atoms with E-state index in [1.807, 2.05) is 0 Å². The molecule has 1 N–H and O–H groups in total. The molecule has 0 aromatic heterocycles. The zero-order valence-corrected chi connectivity index (χ0v) is 12.9. The summed E-state index contributed by atoms with van der Waals surface area (Å²) in [6.07, 6.45) is 0. The van der Waals surface area contributed by atoms with Crippen molar-refractivity contribution in [3.8, 4) is 5.75 Å². The molecule has 0 radical (unpaired) electrons. The number of aliphatic carboxylic acids is 1. The summed E-state index contributed by atoms with van der Waals surface area (Å²) in [4.78, 5) is 21.7. The summed E-state index contributed by atoms with van der Waals surface area (Å²) < 4.78 is 5.09. The highest BCUT2D eigenvalue weighted by Crippen LogP contribution is 2.50. The minimum atomic E-state index is -1.14.